The molecule has 2 aromatic carbocycles. The molecule has 0 fully saturated rings. The van der Waals surface area contributed by atoms with E-state index < -0.39 is 0 Å². The van der Waals surface area contributed by atoms with E-state index in [2.05, 4.69) is 89.4 Å². The Balaban J connectivity index is 0.00000171. The van der Waals surface area contributed by atoms with Crippen LogP contribution in [-0.2, 0) is 0 Å². The van der Waals surface area contributed by atoms with E-state index in [1.807, 2.05) is 39.8 Å². The van der Waals surface area contributed by atoms with Gasteiger partial charge in [0, 0.05) is 0 Å². The smallest absolute Gasteiger partial charge is 0.00673 e. The molecule has 0 aliphatic heterocycles. The average molecular weight is 375 g/mol. The maximum absolute atomic E-state index is 3.99. The van der Waals surface area contributed by atoms with E-state index in [9.17, 15) is 0 Å². The fourth-order valence-corrected chi connectivity index (χ4v) is 3.20. The Labute approximate surface area is 174 Å². The Bertz CT molecular complexity index is 758. The van der Waals surface area contributed by atoms with Crippen LogP contribution in [0.5, 0.6) is 0 Å². The third kappa shape index (κ3) is 5.70. The highest BCUT2D eigenvalue weighted by Gasteiger charge is 2.16. The summed E-state index contributed by atoms with van der Waals surface area (Å²) in [5.74, 6) is 0. The molecule has 0 aliphatic rings. The van der Waals surface area contributed by atoms with Gasteiger partial charge in [0.2, 0.25) is 0 Å². The Morgan fingerprint density at radius 3 is 1.18 bits per heavy atom. The first-order chi connectivity index (χ1) is 13.6. The predicted molar refractivity (Wildman–Crippen MR) is 134 cm³/mol. The Hall–Kier alpha value is -2.60. The molecule has 0 aliphatic carbocycles. The van der Waals surface area contributed by atoms with E-state index in [0.29, 0.717) is 0 Å². The summed E-state index contributed by atoms with van der Waals surface area (Å²) in [7, 11) is 0. The highest BCUT2D eigenvalue weighted by molar-refractivity contribution is 5.90. The summed E-state index contributed by atoms with van der Waals surface area (Å²) in [6, 6.07) is 8.64. The third-order valence-electron chi connectivity index (χ3n) is 4.33. The molecule has 0 spiro atoms. The van der Waals surface area contributed by atoms with Gasteiger partial charge in [-0.05, 0) is 72.2 Å². The SMILES string of the molecule is C=Cc1ccc(C)c(-c2c(C)ccc(C=C)c2/C=C\C)c1/C=C\C.CC.CC. The molecule has 150 valence electrons. The van der Waals surface area contributed by atoms with Gasteiger partial charge in [-0.15, -0.1) is 0 Å². The molecule has 0 N–H and O–H groups in total. The molecule has 0 bridgehead atoms. The van der Waals surface area contributed by atoms with E-state index in [0.717, 1.165) is 11.1 Å². The minimum absolute atomic E-state index is 1.16. The molecule has 2 rings (SSSR count). The van der Waals surface area contributed by atoms with Gasteiger partial charge in [0.25, 0.3) is 0 Å². The van der Waals surface area contributed by atoms with Crippen molar-refractivity contribution >= 4 is 24.3 Å². The van der Waals surface area contributed by atoms with E-state index in [1.165, 1.54) is 33.4 Å². The van der Waals surface area contributed by atoms with Crippen molar-refractivity contribution in [3.05, 3.63) is 83.0 Å². The van der Waals surface area contributed by atoms with Crippen molar-refractivity contribution in [2.24, 2.45) is 0 Å². The van der Waals surface area contributed by atoms with Crippen LogP contribution >= 0.6 is 0 Å². The van der Waals surface area contributed by atoms with Crippen LogP contribution < -0.4 is 0 Å². The second kappa shape index (κ2) is 13.6. The van der Waals surface area contributed by atoms with Crippen LogP contribution in [0.3, 0.4) is 0 Å². The Morgan fingerprint density at radius 2 is 0.929 bits per heavy atom. The predicted octanol–water partition coefficient (Wildman–Crippen LogP) is 9.38. The van der Waals surface area contributed by atoms with E-state index >= 15 is 0 Å². The van der Waals surface area contributed by atoms with Crippen molar-refractivity contribution in [1.82, 2.24) is 0 Å². The minimum atomic E-state index is 1.16. The fourth-order valence-electron chi connectivity index (χ4n) is 3.20. The summed E-state index contributed by atoms with van der Waals surface area (Å²) in [6.45, 7) is 24.4. The molecule has 0 amide bonds. The second-order valence-corrected chi connectivity index (χ2v) is 5.93. The molecule has 0 radical (unpaired) electrons. The lowest BCUT2D eigenvalue weighted by Crippen LogP contribution is -1.98. The third-order valence-corrected chi connectivity index (χ3v) is 4.33. The highest BCUT2D eigenvalue weighted by Crippen LogP contribution is 2.38. The zero-order chi connectivity index (χ0) is 21.7. The zero-order valence-electron chi connectivity index (χ0n) is 19.2. The van der Waals surface area contributed by atoms with E-state index in [-0.39, 0.29) is 0 Å². The monoisotopic (exact) mass is 374 g/mol. The largest absolute Gasteiger partial charge is 0.0984 e. The molecule has 0 heteroatoms. The van der Waals surface area contributed by atoms with Crippen LogP contribution in [0.4, 0.5) is 0 Å². The van der Waals surface area contributed by atoms with Gasteiger partial charge in [0.1, 0.15) is 0 Å². The first-order valence-corrected chi connectivity index (χ1v) is 10.4. The van der Waals surface area contributed by atoms with Crippen molar-refractivity contribution < 1.29 is 0 Å². The summed E-state index contributed by atoms with van der Waals surface area (Å²) >= 11 is 0. The van der Waals surface area contributed by atoms with Gasteiger partial charge in [-0.2, -0.15) is 0 Å². The maximum atomic E-state index is 3.99. The van der Waals surface area contributed by atoms with Crippen LogP contribution in [0.1, 0.15) is 74.9 Å². The summed E-state index contributed by atoms with van der Waals surface area (Å²) in [4.78, 5) is 0. The maximum Gasteiger partial charge on any atom is -0.00673 e. The molecule has 0 atom stereocenters. The van der Waals surface area contributed by atoms with Crippen LogP contribution in [0.15, 0.2) is 49.6 Å². The van der Waals surface area contributed by atoms with Crippen molar-refractivity contribution in [2.45, 2.75) is 55.4 Å². The van der Waals surface area contributed by atoms with Gasteiger partial charge in [0.15, 0.2) is 0 Å². The summed E-state index contributed by atoms with van der Waals surface area (Å²) in [5.41, 5.74) is 9.85. The van der Waals surface area contributed by atoms with Gasteiger partial charge in [-0.3, -0.25) is 0 Å². The van der Waals surface area contributed by atoms with Crippen LogP contribution in [0.25, 0.3) is 35.4 Å². The van der Waals surface area contributed by atoms with Gasteiger partial charge < -0.3 is 0 Å². The minimum Gasteiger partial charge on any atom is -0.0984 e. The first-order valence-electron chi connectivity index (χ1n) is 10.4. The number of hydrogen-bond acceptors (Lipinski definition) is 0. The molecule has 28 heavy (non-hydrogen) atoms. The highest BCUT2D eigenvalue weighted by atomic mass is 14.2. The van der Waals surface area contributed by atoms with Crippen LogP contribution in [0.2, 0.25) is 0 Å². The van der Waals surface area contributed by atoms with Crippen LogP contribution in [0, 0.1) is 13.8 Å². The average Bonchev–Trinajstić information content (AvgIpc) is 2.73. The number of allylic oxidation sites excluding steroid dienone is 2. The molecule has 0 saturated carbocycles. The lowest BCUT2D eigenvalue weighted by Gasteiger charge is -2.19. The van der Waals surface area contributed by atoms with Crippen molar-refractivity contribution in [2.75, 3.05) is 0 Å². The number of aryl methyl sites for hydroxylation is 2. The number of rotatable bonds is 5. The van der Waals surface area contributed by atoms with Gasteiger partial charge in [0.05, 0.1) is 0 Å². The summed E-state index contributed by atoms with van der Waals surface area (Å²) in [5, 5.41) is 0. The second-order valence-electron chi connectivity index (χ2n) is 5.93. The molecular formula is C28H38. The molecule has 0 saturated heterocycles. The molecule has 0 nitrogen and oxygen atoms in total. The summed E-state index contributed by atoms with van der Waals surface area (Å²) in [6.07, 6.45) is 12.4. The van der Waals surface area contributed by atoms with Crippen molar-refractivity contribution in [3.63, 3.8) is 0 Å². The molecule has 0 unspecified atom stereocenters. The topological polar surface area (TPSA) is 0 Å². The zero-order valence-corrected chi connectivity index (χ0v) is 19.2. The van der Waals surface area contributed by atoms with Crippen LogP contribution in [-0.4, -0.2) is 0 Å². The Morgan fingerprint density at radius 1 is 0.607 bits per heavy atom. The Kier molecular flexibility index (Phi) is 12.3. The normalized spacial score (nSPS) is 10.1. The lowest BCUT2D eigenvalue weighted by molar-refractivity contribution is 1.38. The van der Waals surface area contributed by atoms with Gasteiger partial charge in [-0.25, -0.2) is 0 Å². The molecular weight excluding hydrogens is 336 g/mol. The molecule has 0 heterocycles. The number of hydrogen-bond donors (Lipinski definition) is 0. The summed E-state index contributed by atoms with van der Waals surface area (Å²) < 4.78 is 0. The van der Waals surface area contributed by atoms with E-state index in [1.54, 1.807) is 0 Å². The molecule has 2 aromatic rings. The van der Waals surface area contributed by atoms with Crippen molar-refractivity contribution in [3.8, 4) is 11.1 Å². The fraction of sp³-hybridized carbons (Fsp3) is 0.286. The van der Waals surface area contributed by atoms with Gasteiger partial charge >= 0.3 is 0 Å². The van der Waals surface area contributed by atoms with E-state index in [4.69, 9.17) is 0 Å². The lowest BCUT2D eigenvalue weighted by atomic mass is 9.84. The number of benzene rings is 2. The van der Waals surface area contributed by atoms with Crippen molar-refractivity contribution in [1.29, 1.82) is 0 Å². The molecule has 0 aromatic heterocycles. The van der Waals surface area contributed by atoms with Gasteiger partial charge in [-0.1, -0.05) is 102 Å². The standard InChI is InChI=1S/C24H26.2C2H6/c1-7-11-21-19(9-3)15-13-17(5)23(21)24-18(6)14-16-20(10-4)22(24)12-8-2;2*1-2/h7-16H,3-4H2,1-2,5-6H3;2*1-2H3/b11-7-,12-8-;;. The first kappa shape index (κ1) is 25.4. The quantitative estimate of drug-likeness (QED) is 0.489.